The molecule has 188 valence electrons. The number of aliphatic hydroxyl groups excluding tert-OH is 1. The van der Waals surface area contributed by atoms with Crippen LogP contribution in [0.2, 0.25) is 0 Å². The number of aromatic nitrogens is 1. The first-order valence-corrected chi connectivity index (χ1v) is 12.8. The van der Waals surface area contributed by atoms with Crippen LogP contribution in [0.1, 0.15) is 45.5 Å². The number of nitrogens with zero attached hydrogens (tertiary/aromatic N) is 3. The standard InChI is InChI=1S/C27H30N4O4S/c1-27(2)23(32)21-20(26(31-10-12-35-13-11-31)36-22(21)24(33)29-27)17-8-9-28-19(15-17)16-6-5-7-18(14-16)25(34)30(3)4/h5-9,14-15,23,32H,10-13H2,1-4H3,(H,29,33). The zero-order chi connectivity index (χ0) is 25.6. The number of thiophene rings is 1. The van der Waals surface area contributed by atoms with Crippen LogP contribution in [0.4, 0.5) is 5.00 Å². The molecule has 1 fully saturated rings. The molecule has 2 aromatic heterocycles. The summed E-state index contributed by atoms with van der Waals surface area (Å²) in [5, 5.41) is 15.3. The van der Waals surface area contributed by atoms with Gasteiger partial charge in [-0.3, -0.25) is 14.6 Å². The Balaban J connectivity index is 1.66. The van der Waals surface area contributed by atoms with Gasteiger partial charge in [-0.1, -0.05) is 12.1 Å². The highest BCUT2D eigenvalue weighted by Gasteiger charge is 2.43. The molecule has 36 heavy (non-hydrogen) atoms. The van der Waals surface area contributed by atoms with Crippen molar-refractivity contribution in [1.29, 1.82) is 0 Å². The lowest BCUT2D eigenvalue weighted by Gasteiger charge is -2.36. The van der Waals surface area contributed by atoms with E-state index in [0.29, 0.717) is 48.0 Å². The summed E-state index contributed by atoms with van der Waals surface area (Å²) in [5.74, 6) is -0.249. The van der Waals surface area contributed by atoms with Crippen molar-refractivity contribution in [2.24, 2.45) is 0 Å². The van der Waals surface area contributed by atoms with Crippen molar-refractivity contribution in [2.75, 3.05) is 45.3 Å². The number of aliphatic hydroxyl groups is 1. The van der Waals surface area contributed by atoms with Gasteiger partial charge in [0.15, 0.2) is 0 Å². The van der Waals surface area contributed by atoms with Gasteiger partial charge in [-0.05, 0) is 43.7 Å². The summed E-state index contributed by atoms with van der Waals surface area (Å²) >= 11 is 1.41. The van der Waals surface area contributed by atoms with E-state index in [9.17, 15) is 14.7 Å². The second-order valence-electron chi connectivity index (χ2n) is 9.91. The molecule has 5 rings (SSSR count). The molecule has 0 saturated carbocycles. The van der Waals surface area contributed by atoms with Crippen LogP contribution in [-0.4, -0.2) is 72.7 Å². The topological polar surface area (TPSA) is 95.0 Å². The van der Waals surface area contributed by atoms with Gasteiger partial charge < -0.3 is 25.0 Å². The third-order valence-corrected chi connectivity index (χ3v) is 7.95. The van der Waals surface area contributed by atoms with E-state index in [1.165, 1.54) is 11.3 Å². The first kappa shape index (κ1) is 24.4. The highest BCUT2D eigenvalue weighted by Crippen LogP contribution is 2.50. The zero-order valence-corrected chi connectivity index (χ0v) is 21.7. The number of carbonyl (C=O) groups excluding carboxylic acids is 2. The first-order chi connectivity index (χ1) is 17.2. The molecule has 3 aromatic rings. The van der Waals surface area contributed by atoms with Crippen LogP contribution in [0.3, 0.4) is 0 Å². The van der Waals surface area contributed by atoms with E-state index in [1.54, 1.807) is 31.3 Å². The fourth-order valence-electron chi connectivity index (χ4n) is 4.72. The Morgan fingerprint density at radius 2 is 1.94 bits per heavy atom. The smallest absolute Gasteiger partial charge is 0.262 e. The molecular formula is C27H30N4O4S. The molecule has 2 amide bonds. The van der Waals surface area contributed by atoms with E-state index < -0.39 is 11.6 Å². The Hall–Kier alpha value is -3.27. The fraction of sp³-hybridized carbons (Fsp3) is 0.370. The van der Waals surface area contributed by atoms with Crippen LogP contribution in [0.5, 0.6) is 0 Å². The van der Waals surface area contributed by atoms with Gasteiger partial charge in [0.2, 0.25) is 0 Å². The van der Waals surface area contributed by atoms with Crippen molar-refractivity contribution >= 4 is 28.2 Å². The number of morpholine rings is 1. The van der Waals surface area contributed by atoms with Crippen LogP contribution in [0, 0.1) is 0 Å². The van der Waals surface area contributed by atoms with Gasteiger partial charge >= 0.3 is 0 Å². The number of amides is 2. The van der Waals surface area contributed by atoms with Crippen molar-refractivity contribution < 1.29 is 19.4 Å². The molecule has 1 atom stereocenters. The molecule has 4 heterocycles. The molecule has 0 bridgehead atoms. The number of fused-ring (bicyclic) bond motifs is 1. The second kappa shape index (κ2) is 9.31. The number of pyridine rings is 1. The number of ether oxygens (including phenoxy) is 1. The van der Waals surface area contributed by atoms with Crippen LogP contribution >= 0.6 is 11.3 Å². The van der Waals surface area contributed by atoms with Crippen LogP contribution < -0.4 is 10.2 Å². The summed E-state index contributed by atoms with van der Waals surface area (Å²) < 4.78 is 5.56. The number of anilines is 1. The van der Waals surface area contributed by atoms with E-state index in [4.69, 9.17) is 4.74 Å². The largest absolute Gasteiger partial charge is 0.386 e. The molecule has 2 N–H and O–H groups in total. The molecule has 1 saturated heterocycles. The monoisotopic (exact) mass is 506 g/mol. The number of rotatable bonds is 4. The third kappa shape index (κ3) is 4.27. The molecule has 0 radical (unpaired) electrons. The number of nitrogens with one attached hydrogen (secondary N) is 1. The van der Waals surface area contributed by atoms with Crippen molar-refractivity contribution in [3.05, 3.63) is 58.6 Å². The minimum absolute atomic E-state index is 0.0779. The average Bonchev–Trinajstić information content (AvgIpc) is 3.29. The average molecular weight is 507 g/mol. The van der Waals surface area contributed by atoms with Gasteiger partial charge in [0.25, 0.3) is 11.8 Å². The normalized spacial score (nSPS) is 19.0. The summed E-state index contributed by atoms with van der Waals surface area (Å²) in [6.07, 6.45) is 0.863. The van der Waals surface area contributed by atoms with Gasteiger partial charge in [-0.15, -0.1) is 11.3 Å². The van der Waals surface area contributed by atoms with Crippen LogP contribution in [0.15, 0.2) is 42.6 Å². The second-order valence-corrected chi connectivity index (χ2v) is 10.9. The number of carbonyl (C=O) groups is 2. The maximum Gasteiger partial charge on any atom is 0.262 e. The molecule has 0 aliphatic carbocycles. The quantitative estimate of drug-likeness (QED) is 0.562. The summed E-state index contributed by atoms with van der Waals surface area (Å²) in [6.45, 7) is 6.30. The Morgan fingerprint density at radius 1 is 1.19 bits per heavy atom. The molecule has 8 nitrogen and oxygen atoms in total. The minimum Gasteiger partial charge on any atom is -0.386 e. The Kier molecular flexibility index (Phi) is 6.32. The molecule has 2 aliphatic rings. The summed E-state index contributed by atoms with van der Waals surface area (Å²) in [6, 6.07) is 11.3. The number of hydrogen-bond acceptors (Lipinski definition) is 7. The highest BCUT2D eigenvalue weighted by atomic mass is 32.1. The fourth-order valence-corrected chi connectivity index (χ4v) is 6.02. The predicted octanol–water partition coefficient (Wildman–Crippen LogP) is 3.57. The van der Waals surface area contributed by atoms with E-state index >= 15 is 0 Å². The zero-order valence-electron chi connectivity index (χ0n) is 20.9. The van der Waals surface area contributed by atoms with Gasteiger partial charge in [-0.25, -0.2) is 0 Å². The predicted molar refractivity (Wildman–Crippen MR) is 141 cm³/mol. The minimum atomic E-state index is -0.871. The molecule has 9 heteroatoms. The van der Waals surface area contributed by atoms with Crippen molar-refractivity contribution in [3.63, 3.8) is 0 Å². The van der Waals surface area contributed by atoms with Gasteiger partial charge in [-0.2, -0.15) is 0 Å². The van der Waals surface area contributed by atoms with Crippen molar-refractivity contribution in [1.82, 2.24) is 15.2 Å². The summed E-state index contributed by atoms with van der Waals surface area (Å²) in [5.41, 5.74) is 3.69. The molecule has 2 aliphatic heterocycles. The molecule has 1 unspecified atom stereocenters. The lowest BCUT2D eigenvalue weighted by molar-refractivity contribution is 0.0558. The van der Waals surface area contributed by atoms with E-state index in [1.807, 2.05) is 44.2 Å². The molecule has 0 spiro atoms. The Morgan fingerprint density at radius 3 is 2.67 bits per heavy atom. The maximum atomic E-state index is 13.1. The van der Waals surface area contributed by atoms with Crippen LogP contribution in [0.25, 0.3) is 22.4 Å². The lowest BCUT2D eigenvalue weighted by atomic mass is 9.84. The van der Waals surface area contributed by atoms with Gasteiger partial charge in [0.05, 0.1) is 24.4 Å². The number of benzene rings is 1. The van der Waals surface area contributed by atoms with Gasteiger partial charge in [0.1, 0.15) is 16.0 Å². The van der Waals surface area contributed by atoms with E-state index in [0.717, 1.165) is 21.7 Å². The van der Waals surface area contributed by atoms with Crippen LogP contribution in [-0.2, 0) is 4.74 Å². The first-order valence-electron chi connectivity index (χ1n) is 12.0. The molecular weight excluding hydrogens is 476 g/mol. The lowest BCUT2D eigenvalue weighted by Crippen LogP contribution is -2.51. The maximum absolute atomic E-state index is 13.1. The highest BCUT2D eigenvalue weighted by molar-refractivity contribution is 7.19. The van der Waals surface area contributed by atoms with Gasteiger partial charge in [0, 0.05) is 55.6 Å². The van der Waals surface area contributed by atoms with Crippen molar-refractivity contribution in [2.45, 2.75) is 25.5 Å². The Bertz CT molecular complexity index is 1330. The Labute approximate surface area is 214 Å². The van der Waals surface area contributed by atoms with E-state index in [2.05, 4.69) is 15.2 Å². The SMILES string of the molecule is CN(C)C(=O)c1cccc(-c2cc(-c3c(N4CCOCC4)sc4c3C(O)C(C)(C)NC4=O)ccn2)c1. The molecule has 1 aromatic carbocycles. The number of hydrogen-bond donors (Lipinski definition) is 2. The summed E-state index contributed by atoms with van der Waals surface area (Å²) in [4.78, 5) is 34.5. The third-order valence-electron chi connectivity index (χ3n) is 6.68. The summed E-state index contributed by atoms with van der Waals surface area (Å²) in [7, 11) is 3.45. The van der Waals surface area contributed by atoms with Crippen molar-refractivity contribution in [3.8, 4) is 22.4 Å². The van der Waals surface area contributed by atoms with E-state index in [-0.39, 0.29) is 11.8 Å².